The topological polar surface area (TPSA) is 192 Å². The Hall–Kier alpha value is -1.96. The van der Waals surface area contributed by atoms with Gasteiger partial charge in [0.05, 0.1) is 13.2 Å². The van der Waals surface area contributed by atoms with Crippen LogP contribution >= 0.6 is 7.82 Å². The highest BCUT2D eigenvalue weighted by Gasteiger charge is 2.51. The molecule has 348 valence electrons. The van der Waals surface area contributed by atoms with Crippen LogP contribution in [-0.4, -0.2) is 98.9 Å². The first-order chi connectivity index (χ1) is 29.0. The number of carbonyl (C=O) groups is 1. The van der Waals surface area contributed by atoms with Crippen molar-refractivity contribution in [2.45, 2.75) is 211 Å². The Morgan fingerprint density at radius 1 is 0.550 bits per heavy atom. The maximum atomic E-state index is 12.8. The van der Waals surface area contributed by atoms with E-state index in [0.29, 0.717) is 13.0 Å². The molecule has 13 heteroatoms. The van der Waals surface area contributed by atoms with Crippen molar-refractivity contribution in [1.29, 1.82) is 0 Å². The second kappa shape index (κ2) is 37.6. The van der Waals surface area contributed by atoms with Gasteiger partial charge in [0.1, 0.15) is 42.7 Å². The van der Waals surface area contributed by atoms with E-state index in [1.165, 1.54) is 57.8 Å². The lowest BCUT2D eigenvalue weighted by molar-refractivity contribution is -0.220. The Morgan fingerprint density at radius 2 is 0.983 bits per heavy atom. The number of unbranched alkanes of at least 4 members (excludes halogenated alkanes) is 16. The summed E-state index contributed by atoms with van der Waals surface area (Å²) in [6.45, 7) is 4.06. The van der Waals surface area contributed by atoms with Gasteiger partial charge in [0.2, 0.25) is 0 Å². The summed E-state index contributed by atoms with van der Waals surface area (Å²) < 4.78 is 34.1. The summed E-state index contributed by atoms with van der Waals surface area (Å²) in [5.74, 6) is -0.495. The zero-order valence-corrected chi connectivity index (χ0v) is 37.9. The van der Waals surface area contributed by atoms with Gasteiger partial charge in [-0.2, -0.15) is 0 Å². The fraction of sp³-hybridized carbons (Fsp3) is 0.766. The second-order valence-electron chi connectivity index (χ2n) is 15.9. The molecule has 0 amide bonds. The summed E-state index contributed by atoms with van der Waals surface area (Å²) in [4.78, 5) is 23.2. The maximum Gasteiger partial charge on any atom is 0.472 e. The summed E-state index contributed by atoms with van der Waals surface area (Å²) in [7, 11) is -5.03. The normalized spacial score (nSPS) is 22.9. The van der Waals surface area contributed by atoms with Crippen LogP contribution in [0.5, 0.6) is 0 Å². The molecule has 12 nitrogen and oxygen atoms in total. The Labute approximate surface area is 362 Å². The van der Waals surface area contributed by atoms with Crippen LogP contribution in [0.3, 0.4) is 0 Å². The number of hydrogen-bond acceptors (Lipinski definition) is 11. The predicted octanol–water partition coefficient (Wildman–Crippen LogP) is 9.42. The smallest absolute Gasteiger partial charge is 0.457 e. The van der Waals surface area contributed by atoms with Gasteiger partial charge in [0.15, 0.2) is 0 Å². The van der Waals surface area contributed by atoms with Gasteiger partial charge in [0.25, 0.3) is 0 Å². The minimum atomic E-state index is -5.03. The fourth-order valence-corrected chi connectivity index (χ4v) is 7.67. The van der Waals surface area contributed by atoms with Crippen LogP contribution in [0.4, 0.5) is 0 Å². The van der Waals surface area contributed by atoms with Crippen LogP contribution in [0.25, 0.3) is 0 Å². The van der Waals surface area contributed by atoms with Crippen molar-refractivity contribution in [3.63, 3.8) is 0 Å². The number of aliphatic hydroxyl groups is 5. The van der Waals surface area contributed by atoms with E-state index < -0.39 is 63.1 Å². The molecule has 0 aromatic carbocycles. The van der Waals surface area contributed by atoms with E-state index in [0.717, 1.165) is 83.5 Å². The lowest BCUT2D eigenvalue weighted by atomic mass is 9.85. The molecule has 1 fully saturated rings. The lowest BCUT2D eigenvalue weighted by Crippen LogP contribution is -2.64. The molecule has 1 aliphatic carbocycles. The second-order valence-corrected chi connectivity index (χ2v) is 17.3. The highest BCUT2D eigenvalue weighted by molar-refractivity contribution is 7.47. The molecule has 0 aliphatic heterocycles. The first-order valence-corrected chi connectivity index (χ1v) is 24.6. The molecule has 6 N–H and O–H groups in total. The largest absolute Gasteiger partial charge is 0.472 e. The van der Waals surface area contributed by atoms with E-state index >= 15 is 0 Å². The molecule has 60 heavy (non-hydrogen) atoms. The number of carbonyl (C=O) groups excluding carboxylic acids is 1. The third-order valence-electron chi connectivity index (χ3n) is 10.4. The molecule has 1 saturated carbocycles. The predicted molar refractivity (Wildman–Crippen MR) is 239 cm³/mol. The van der Waals surface area contributed by atoms with Crippen molar-refractivity contribution in [1.82, 2.24) is 0 Å². The lowest BCUT2D eigenvalue weighted by Gasteiger charge is -2.41. The van der Waals surface area contributed by atoms with Gasteiger partial charge in [-0.1, -0.05) is 145 Å². The zero-order chi connectivity index (χ0) is 44.1. The van der Waals surface area contributed by atoms with Crippen molar-refractivity contribution in [3.8, 4) is 0 Å². The van der Waals surface area contributed by atoms with Crippen LogP contribution in [-0.2, 0) is 27.9 Å². The van der Waals surface area contributed by atoms with Gasteiger partial charge in [-0.25, -0.2) is 4.57 Å². The molecule has 6 atom stereocenters. The SMILES string of the molecule is CC/C=C\C/C=C\C/C=C\C/C=C\CCCCCOCC(COP(=O)(O)OC1C(O)C(O)C(O)C(O)C1O)OC(=O)CCCCCCCCC/C=C\CCCCCCCC. The third kappa shape index (κ3) is 29.4. The van der Waals surface area contributed by atoms with Crippen LogP contribution < -0.4 is 0 Å². The van der Waals surface area contributed by atoms with E-state index in [4.69, 9.17) is 18.5 Å². The highest BCUT2D eigenvalue weighted by atomic mass is 31.2. The third-order valence-corrected chi connectivity index (χ3v) is 11.4. The average molecular weight is 871 g/mol. The molecule has 0 radical (unpaired) electrons. The monoisotopic (exact) mass is 871 g/mol. The molecular weight excluding hydrogens is 787 g/mol. The van der Waals surface area contributed by atoms with Crippen molar-refractivity contribution in [2.24, 2.45) is 0 Å². The molecule has 0 aromatic heterocycles. The van der Waals surface area contributed by atoms with Crippen molar-refractivity contribution in [3.05, 3.63) is 60.8 Å². The number of rotatable bonds is 38. The van der Waals surface area contributed by atoms with Gasteiger partial charge in [-0.15, -0.1) is 0 Å². The molecule has 1 aliphatic rings. The molecular formula is C47H83O12P. The molecule has 0 heterocycles. The Kier molecular flexibility index (Phi) is 35.1. The van der Waals surface area contributed by atoms with Gasteiger partial charge >= 0.3 is 13.8 Å². The van der Waals surface area contributed by atoms with Gasteiger partial charge in [-0.05, 0) is 77.0 Å². The minimum Gasteiger partial charge on any atom is -0.457 e. The van der Waals surface area contributed by atoms with Crippen molar-refractivity contribution >= 4 is 13.8 Å². The molecule has 0 bridgehead atoms. The Balaban J connectivity index is 2.43. The molecule has 0 spiro atoms. The van der Waals surface area contributed by atoms with E-state index in [1.807, 2.05) is 0 Å². The maximum absolute atomic E-state index is 12.8. The van der Waals surface area contributed by atoms with Gasteiger partial charge in [0, 0.05) is 13.0 Å². The quantitative estimate of drug-likeness (QED) is 0.0149. The first kappa shape index (κ1) is 56.1. The Morgan fingerprint density at radius 3 is 1.52 bits per heavy atom. The number of phosphoric acid groups is 1. The molecule has 1 rings (SSSR count). The zero-order valence-electron chi connectivity index (χ0n) is 37.0. The summed E-state index contributed by atoms with van der Waals surface area (Å²) in [5, 5.41) is 50.2. The minimum absolute atomic E-state index is 0.102. The van der Waals surface area contributed by atoms with Gasteiger partial charge < -0.3 is 39.9 Å². The molecule has 6 unspecified atom stereocenters. The summed E-state index contributed by atoms with van der Waals surface area (Å²) in [6.07, 6.45) is 34.3. The standard InChI is InChI=1S/C47H83O12P/c1-3-5-7-9-11-13-15-17-19-21-22-24-26-28-30-32-34-36-41(48)58-40(39-57-60(54,55)59-47-45(52)43(50)42(49)44(51)46(47)53)38-56-37-35-33-31-29-27-25-23-20-18-16-14-12-10-8-6-4-2/h6,8,12,14,17-20,25,27,40,42-47,49-53H,3-5,7,9-11,13,15-16,21-24,26,28-39H2,1-2H3,(H,54,55)/b8-6-,14-12-,19-17-,20-18-,27-25-. The number of hydrogen-bond donors (Lipinski definition) is 6. The molecule has 0 saturated heterocycles. The average Bonchev–Trinajstić information content (AvgIpc) is 3.23. The van der Waals surface area contributed by atoms with E-state index in [-0.39, 0.29) is 13.0 Å². The van der Waals surface area contributed by atoms with E-state index in [9.17, 15) is 39.8 Å². The first-order valence-electron chi connectivity index (χ1n) is 23.1. The van der Waals surface area contributed by atoms with Crippen LogP contribution in [0.15, 0.2) is 60.8 Å². The Bertz CT molecular complexity index is 1220. The summed E-state index contributed by atoms with van der Waals surface area (Å²) in [6, 6.07) is 0. The molecule has 0 aromatic rings. The number of allylic oxidation sites excluding steroid dienone is 10. The summed E-state index contributed by atoms with van der Waals surface area (Å²) in [5.41, 5.74) is 0. The summed E-state index contributed by atoms with van der Waals surface area (Å²) >= 11 is 0. The van der Waals surface area contributed by atoms with Crippen molar-refractivity contribution < 1.29 is 58.3 Å². The highest BCUT2D eigenvalue weighted by Crippen LogP contribution is 2.47. The number of aliphatic hydroxyl groups excluding tert-OH is 5. The van der Waals surface area contributed by atoms with Gasteiger partial charge in [-0.3, -0.25) is 13.8 Å². The number of esters is 1. The van der Waals surface area contributed by atoms with Crippen LogP contribution in [0.1, 0.15) is 168 Å². The van der Waals surface area contributed by atoms with E-state index in [1.54, 1.807) is 0 Å². The number of phosphoric ester groups is 1. The van der Waals surface area contributed by atoms with Crippen LogP contribution in [0.2, 0.25) is 0 Å². The number of ether oxygens (including phenoxy) is 2. The van der Waals surface area contributed by atoms with Crippen LogP contribution in [0, 0.1) is 0 Å². The van der Waals surface area contributed by atoms with Crippen molar-refractivity contribution in [2.75, 3.05) is 19.8 Å². The fourth-order valence-electron chi connectivity index (χ4n) is 6.69. The van der Waals surface area contributed by atoms with E-state index in [2.05, 4.69) is 74.6 Å².